The number of ether oxygens (including phenoxy) is 15. The summed E-state index contributed by atoms with van der Waals surface area (Å²) in [7, 11) is 0. The summed E-state index contributed by atoms with van der Waals surface area (Å²) in [5.74, 6) is -4.17. The summed E-state index contributed by atoms with van der Waals surface area (Å²) in [4.78, 5) is 55.7. The quantitative estimate of drug-likeness (QED) is 0.0265. The summed E-state index contributed by atoms with van der Waals surface area (Å²) in [6.07, 6.45) is -50.2. The van der Waals surface area contributed by atoms with Gasteiger partial charge >= 0.3 is 17.9 Å². The first kappa shape index (κ1) is 83.1. The molecule has 36 nitrogen and oxygen atoms in total. The van der Waals surface area contributed by atoms with Gasteiger partial charge in [-0.3, -0.25) is 9.59 Å². The van der Waals surface area contributed by atoms with Gasteiger partial charge in [0.05, 0.1) is 55.6 Å². The smallest absolute Gasteiger partial charge is 0.335 e. The normalized spacial score (nSPS) is 53.5. The highest BCUT2D eigenvalue weighted by molar-refractivity contribution is 5.79. The molecule has 36 heteroatoms. The van der Waals surface area contributed by atoms with Crippen LogP contribution in [0.15, 0.2) is 11.6 Å². The largest absolute Gasteiger partial charge is 0.479 e. The lowest BCUT2D eigenvalue weighted by atomic mass is 9.33. The fourth-order valence-electron chi connectivity index (χ4n) is 20.2. The van der Waals surface area contributed by atoms with Crippen molar-refractivity contribution in [2.24, 2.45) is 50.2 Å². The number of hydrogen-bond donors (Lipinski definition) is 17. The van der Waals surface area contributed by atoms with Crippen molar-refractivity contribution in [1.29, 1.82) is 0 Å². The topological polar surface area (TPSA) is 551 Å². The van der Waals surface area contributed by atoms with Crippen molar-refractivity contribution >= 4 is 24.2 Å². The minimum Gasteiger partial charge on any atom is -0.479 e. The number of rotatable bonds is 18. The fraction of sp³-hybridized carbons (Fsp3) is 0.915. The Bertz CT molecular complexity index is 3170. The minimum absolute atomic E-state index is 0.117. The van der Waals surface area contributed by atoms with Gasteiger partial charge in [-0.2, -0.15) is 0 Å². The summed E-state index contributed by atoms with van der Waals surface area (Å²) in [5.41, 5.74) is -3.54. The van der Waals surface area contributed by atoms with Crippen LogP contribution in [0.2, 0.25) is 0 Å². The number of carboxylic acid groups (broad SMARTS) is 1. The van der Waals surface area contributed by atoms with Crippen LogP contribution in [0.4, 0.5) is 0 Å². The number of aliphatic hydroxyl groups is 16. The van der Waals surface area contributed by atoms with E-state index in [1.165, 1.54) is 13.8 Å². The van der Waals surface area contributed by atoms with Gasteiger partial charge in [0.2, 0.25) is 6.29 Å². The third-order valence-electron chi connectivity index (χ3n) is 26.7. The average molecular weight is 1540 g/mol. The van der Waals surface area contributed by atoms with Crippen molar-refractivity contribution in [2.45, 2.75) is 329 Å². The second-order valence-corrected chi connectivity index (χ2v) is 33.6. The molecule has 12 aliphatic rings. The zero-order valence-electron chi connectivity index (χ0n) is 61.2. The molecule has 610 valence electrons. The Labute approximate surface area is 616 Å². The number of carboxylic acids is 1. The van der Waals surface area contributed by atoms with Gasteiger partial charge < -0.3 is 163 Å². The van der Waals surface area contributed by atoms with E-state index >= 15 is 4.79 Å². The van der Waals surface area contributed by atoms with Gasteiger partial charge in [0.25, 0.3) is 0 Å². The predicted molar refractivity (Wildman–Crippen MR) is 350 cm³/mol. The highest BCUT2D eigenvalue weighted by atomic mass is 16.8. The average Bonchev–Trinajstić information content (AvgIpc) is 0.674. The van der Waals surface area contributed by atoms with Gasteiger partial charge in [-0.15, -0.1) is 0 Å². The minimum atomic E-state index is -2.21. The van der Waals surface area contributed by atoms with Crippen molar-refractivity contribution in [1.82, 2.24) is 0 Å². The molecule has 7 aliphatic heterocycles. The molecule has 11 fully saturated rings. The van der Waals surface area contributed by atoms with Crippen LogP contribution in [0, 0.1) is 50.2 Å². The van der Waals surface area contributed by atoms with Crippen LogP contribution in [-0.4, -0.2) is 340 Å². The first-order valence-electron chi connectivity index (χ1n) is 37.2. The number of aldehydes is 1. The van der Waals surface area contributed by atoms with E-state index in [4.69, 9.17) is 71.1 Å². The lowest BCUT2D eigenvalue weighted by Gasteiger charge is -2.71. The van der Waals surface area contributed by atoms with Crippen molar-refractivity contribution in [3.8, 4) is 0 Å². The molecule has 2 unspecified atom stereocenters. The van der Waals surface area contributed by atoms with Crippen molar-refractivity contribution in [3.05, 3.63) is 11.6 Å². The summed E-state index contributed by atoms with van der Waals surface area (Å²) >= 11 is 0. The van der Waals surface area contributed by atoms with Gasteiger partial charge in [-0.25, -0.2) is 4.79 Å². The Balaban J connectivity index is 0.781. The number of allylic oxidation sites excluding steroid dienone is 2. The standard InChI is InChI=1S/C71H110O36/c1-26-50(101-60-49(89)52(33(77)24-95-60)102-58-43(83)38(78)31(75)22-93-58)42(82)46(86)61(96-26)105-55-47(87)51(98-28(3)74)27(2)97-63(55)107-65(92)71-18-16-66(4,5)20-30(71)29-10-11-36-67(6)14-13-37(68(7,25-73)35(67)12-15-70(36,9)69(29,8)17-19-71)100-64-56(106-62-45(85)41(81)40(80)34(21-72)99-62)53(48(88)54(104-64)57(90)91)103-59-44(84)39(79)32(76)23-94-59/h10,25-27,30-56,58-64,72,75-89H,11-24H2,1-9H3,(H,90,91)/t26-,27+,30-,31+,32+,33+,34+,35?,36?,37-,38-,39-,40-,41-,42-,43+,44+,45+,46+,47-,48-,49+,50-,51-,52-,53-,54-,55+,56+,58-,59-,60-,61-,62-,63-,64+,67-,68-,69+,70+,71-/m0/s1. The summed E-state index contributed by atoms with van der Waals surface area (Å²) in [5, 5.41) is 186. The van der Waals surface area contributed by atoms with E-state index in [1.54, 1.807) is 6.92 Å². The van der Waals surface area contributed by atoms with E-state index in [1.807, 2.05) is 0 Å². The first-order valence-corrected chi connectivity index (χ1v) is 37.2. The molecule has 0 spiro atoms. The molecule has 0 amide bonds. The monoisotopic (exact) mass is 1540 g/mol. The Morgan fingerprint density at radius 1 is 0.495 bits per heavy atom. The van der Waals surface area contributed by atoms with Crippen LogP contribution in [-0.2, 0) is 90.2 Å². The Morgan fingerprint density at radius 3 is 1.65 bits per heavy atom. The highest BCUT2D eigenvalue weighted by Crippen LogP contribution is 2.76. The van der Waals surface area contributed by atoms with Crippen LogP contribution < -0.4 is 0 Å². The number of esters is 2. The molecule has 7 heterocycles. The molecule has 17 N–H and O–H groups in total. The molecule has 4 saturated carbocycles. The maximum atomic E-state index is 15.8. The zero-order valence-corrected chi connectivity index (χ0v) is 61.2. The van der Waals surface area contributed by atoms with E-state index in [2.05, 4.69) is 40.7 Å². The second kappa shape index (κ2) is 31.5. The van der Waals surface area contributed by atoms with E-state index < -0.39 is 286 Å². The number of aliphatic hydroxyl groups excluding tert-OH is 16. The van der Waals surface area contributed by atoms with Crippen LogP contribution in [0.3, 0.4) is 0 Å². The third-order valence-corrected chi connectivity index (χ3v) is 26.7. The Kier molecular flexibility index (Phi) is 24.4. The number of aliphatic carboxylic acids is 1. The van der Waals surface area contributed by atoms with Crippen molar-refractivity contribution in [2.75, 3.05) is 26.4 Å². The molecule has 41 atom stereocenters. The highest BCUT2D eigenvalue weighted by Gasteiger charge is 2.72. The Morgan fingerprint density at radius 2 is 1.04 bits per heavy atom. The fourth-order valence-corrected chi connectivity index (χ4v) is 20.2. The third kappa shape index (κ3) is 14.7. The van der Waals surface area contributed by atoms with E-state index in [0.717, 1.165) is 18.8 Å². The molecule has 0 aromatic heterocycles. The number of carbonyl (C=O) groups is 4. The molecule has 7 saturated heterocycles. The SMILES string of the molecule is CC(=O)O[C@@H]1[C@H](O)[C@@H](O[C@@H]2O[C@@H](C)[C@H](O[C@@H]3OC[C@@H](O)[C@H](O[C@@H]4OC[C@@H](O)[C@H](O)[C@H]4O)[C@H]3O)[C@@H](O)[C@H]2O)[C@H](OC(=O)[C@]23CCC(C)(C)C[C@H]2C2=CCC4[C@@]5(C)CC[C@H](O[C@@H]6O[C@H](C(=O)O)[C@@H](O)[C@H](O[C@@H]7OC[C@@H](O)[C@H](O)[C@H]7O)[C@H]6O[C@@H]6O[C@H](CO)[C@H](O)[C@H](O)[C@H]6O)[C@@](C)(C=O)C5CC[C@@]4(C)[C@]2(C)CC3)O[C@@H]1C. The second-order valence-electron chi connectivity index (χ2n) is 33.6. The molecule has 12 rings (SSSR count). The van der Waals surface area contributed by atoms with Gasteiger partial charge in [0, 0.05) is 6.92 Å². The van der Waals surface area contributed by atoms with Crippen LogP contribution in [0.1, 0.15) is 127 Å². The van der Waals surface area contributed by atoms with Crippen molar-refractivity contribution in [3.63, 3.8) is 0 Å². The van der Waals surface area contributed by atoms with Gasteiger partial charge in [-0.1, -0.05) is 53.2 Å². The first-order chi connectivity index (χ1) is 50.2. The summed E-state index contributed by atoms with van der Waals surface area (Å²) in [6.45, 7) is 14.3. The van der Waals surface area contributed by atoms with Gasteiger partial charge in [0.15, 0.2) is 56.1 Å². The molecule has 0 aromatic rings. The van der Waals surface area contributed by atoms with Crippen LogP contribution in [0.5, 0.6) is 0 Å². The van der Waals surface area contributed by atoms with E-state index in [9.17, 15) is 101 Å². The zero-order chi connectivity index (χ0) is 78.0. The molecular formula is C71H110O36. The number of fused-ring (bicyclic) bond motifs is 7. The molecular weight excluding hydrogens is 1430 g/mol. The van der Waals surface area contributed by atoms with Gasteiger partial charge in [-0.05, 0) is 117 Å². The van der Waals surface area contributed by atoms with E-state index in [-0.39, 0.29) is 17.8 Å². The predicted octanol–water partition coefficient (Wildman–Crippen LogP) is -4.75. The summed E-state index contributed by atoms with van der Waals surface area (Å²) < 4.78 is 89.8. The Hall–Kier alpha value is -3.34. The number of hydrogen-bond acceptors (Lipinski definition) is 35. The maximum absolute atomic E-state index is 15.8. The maximum Gasteiger partial charge on any atom is 0.335 e. The lowest BCUT2D eigenvalue weighted by Crippen LogP contribution is -2.68. The van der Waals surface area contributed by atoms with Crippen molar-refractivity contribution < 1.29 is 177 Å². The molecule has 0 aromatic carbocycles. The molecule has 107 heavy (non-hydrogen) atoms. The van der Waals surface area contributed by atoms with Crippen LogP contribution >= 0.6 is 0 Å². The van der Waals surface area contributed by atoms with E-state index in [0.29, 0.717) is 57.8 Å². The lowest BCUT2D eigenvalue weighted by molar-refractivity contribution is -0.391. The van der Waals surface area contributed by atoms with Gasteiger partial charge in [0.1, 0.15) is 128 Å². The molecule has 5 aliphatic carbocycles. The molecule has 0 radical (unpaired) electrons. The van der Waals surface area contributed by atoms with Crippen LogP contribution in [0.25, 0.3) is 0 Å². The summed E-state index contributed by atoms with van der Waals surface area (Å²) in [6, 6.07) is 0. The molecule has 0 bridgehead atoms. The number of carbonyl (C=O) groups excluding carboxylic acids is 3.